The Kier molecular flexibility index (Phi) is 6.60. The van der Waals surface area contributed by atoms with Gasteiger partial charge in [-0.2, -0.15) is 9.78 Å². The van der Waals surface area contributed by atoms with Gasteiger partial charge in [0.2, 0.25) is 0 Å². The first-order valence-corrected chi connectivity index (χ1v) is 11.1. The molecule has 4 rings (SSSR count). The molecule has 29 heavy (non-hydrogen) atoms. The minimum Gasteiger partial charge on any atom is -0.444 e. The summed E-state index contributed by atoms with van der Waals surface area (Å²) in [6, 6.07) is 0.224. The monoisotopic (exact) mass is 424 g/mol. The van der Waals surface area contributed by atoms with Gasteiger partial charge in [0, 0.05) is 25.6 Å². The molecule has 1 aromatic heterocycles. The lowest BCUT2D eigenvalue weighted by Crippen LogP contribution is -2.39. The Morgan fingerprint density at radius 2 is 1.97 bits per heavy atom. The number of nitrogens with one attached hydrogen (secondary N) is 1. The largest absolute Gasteiger partial charge is 0.444 e. The molecule has 1 N–H and O–H groups in total. The zero-order valence-electron chi connectivity index (χ0n) is 16.6. The maximum absolute atomic E-state index is 12.7. The molecule has 0 aromatic carbocycles. The second-order valence-electron chi connectivity index (χ2n) is 8.16. The molecule has 1 aromatic rings. The lowest BCUT2D eigenvalue weighted by atomic mass is 9.96. The molecule has 0 radical (unpaired) electrons. The van der Waals surface area contributed by atoms with Crippen molar-refractivity contribution in [2.24, 2.45) is 0 Å². The van der Waals surface area contributed by atoms with E-state index in [1.54, 1.807) is 6.20 Å². The van der Waals surface area contributed by atoms with E-state index in [1.807, 2.05) is 4.90 Å². The molecule has 3 fully saturated rings. The third-order valence-electron chi connectivity index (χ3n) is 6.04. The number of rotatable bonds is 4. The van der Waals surface area contributed by atoms with Gasteiger partial charge in [-0.25, -0.2) is 4.79 Å². The molecular weight excluding hydrogens is 396 g/mol. The summed E-state index contributed by atoms with van der Waals surface area (Å²) >= 11 is 6.39. The van der Waals surface area contributed by atoms with Gasteiger partial charge in [0.05, 0.1) is 18.4 Å². The molecule has 0 spiro atoms. The summed E-state index contributed by atoms with van der Waals surface area (Å²) in [6.45, 7) is 1.79. The highest BCUT2D eigenvalue weighted by Crippen LogP contribution is 2.28. The van der Waals surface area contributed by atoms with Gasteiger partial charge in [-0.05, 0) is 32.1 Å². The molecular formula is C20H29ClN4O4. The van der Waals surface area contributed by atoms with E-state index in [0.29, 0.717) is 31.8 Å². The van der Waals surface area contributed by atoms with Crippen molar-refractivity contribution in [3.8, 4) is 0 Å². The second kappa shape index (κ2) is 9.34. The summed E-state index contributed by atoms with van der Waals surface area (Å²) in [5.41, 5.74) is 0.248. The predicted octanol–water partition coefficient (Wildman–Crippen LogP) is 3.23. The summed E-state index contributed by atoms with van der Waals surface area (Å²) < 4.78 is 12.6. The first-order chi connectivity index (χ1) is 14.1. The van der Waals surface area contributed by atoms with Crippen LogP contribution in [0, 0.1) is 0 Å². The van der Waals surface area contributed by atoms with Crippen LogP contribution in [-0.2, 0) is 9.47 Å². The second-order valence-corrected chi connectivity index (χ2v) is 8.53. The summed E-state index contributed by atoms with van der Waals surface area (Å²) in [5, 5.41) is 7.42. The van der Waals surface area contributed by atoms with Gasteiger partial charge in [-0.1, -0.05) is 30.9 Å². The highest BCUT2D eigenvalue weighted by atomic mass is 35.5. The molecule has 3 heterocycles. The lowest BCUT2D eigenvalue weighted by Gasteiger charge is -2.25. The van der Waals surface area contributed by atoms with Crippen molar-refractivity contribution >= 4 is 23.4 Å². The van der Waals surface area contributed by atoms with Gasteiger partial charge in [-0.15, -0.1) is 0 Å². The summed E-state index contributed by atoms with van der Waals surface area (Å²) in [6.07, 6.45) is 9.77. The molecule has 2 atom stereocenters. The Hall–Kier alpha value is -1.80. The van der Waals surface area contributed by atoms with Crippen LogP contribution in [-0.4, -0.2) is 47.7 Å². The number of anilines is 1. The van der Waals surface area contributed by atoms with Crippen LogP contribution in [0.4, 0.5) is 10.5 Å². The highest BCUT2D eigenvalue weighted by molar-refractivity contribution is 6.33. The number of amides is 1. The van der Waals surface area contributed by atoms with Crippen molar-refractivity contribution in [2.75, 3.05) is 24.6 Å². The van der Waals surface area contributed by atoms with Crippen molar-refractivity contribution in [3.05, 3.63) is 21.6 Å². The first kappa shape index (κ1) is 20.5. The fraction of sp³-hybridized carbons (Fsp3) is 0.750. The van der Waals surface area contributed by atoms with E-state index in [-0.39, 0.29) is 35.0 Å². The fourth-order valence-electron chi connectivity index (χ4n) is 4.42. The van der Waals surface area contributed by atoms with Gasteiger partial charge in [-0.3, -0.25) is 4.79 Å². The Balaban J connectivity index is 1.35. The third-order valence-corrected chi connectivity index (χ3v) is 6.40. The number of alkyl carbamates (subject to hydrolysis) is 1. The van der Waals surface area contributed by atoms with Gasteiger partial charge >= 0.3 is 6.09 Å². The lowest BCUT2D eigenvalue weighted by molar-refractivity contribution is -0.0424. The standard InChI is InChI=1S/C20H29ClN4O4/c21-18-16(12-22-25(19(18)26)17-8-4-5-11-28-17)24-10-9-15(13-24)29-20(27)23-14-6-2-1-3-7-14/h12,14-15,17H,1-11,13H2,(H,23,27)/t15-,17?/m1/s1. The predicted molar refractivity (Wildman–Crippen MR) is 109 cm³/mol. The van der Waals surface area contributed by atoms with Crippen molar-refractivity contribution in [2.45, 2.75) is 76.2 Å². The topological polar surface area (TPSA) is 85.7 Å². The van der Waals surface area contributed by atoms with E-state index in [1.165, 1.54) is 11.1 Å². The van der Waals surface area contributed by atoms with Crippen molar-refractivity contribution in [3.63, 3.8) is 0 Å². The van der Waals surface area contributed by atoms with E-state index in [4.69, 9.17) is 21.1 Å². The van der Waals surface area contributed by atoms with Crippen LogP contribution in [0.1, 0.15) is 64.0 Å². The van der Waals surface area contributed by atoms with Gasteiger partial charge in [0.15, 0.2) is 6.23 Å². The number of carbonyl (C=O) groups excluding carboxylic acids is 1. The number of aromatic nitrogens is 2. The Labute approximate surface area is 175 Å². The van der Waals surface area contributed by atoms with Crippen molar-refractivity contribution in [1.29, 1.82) is 0 Å². The van der Waals surface area contributed by atoms with E-state index >= 15 is 0 Å². The summed E-state index contributed by atoms with van der Waals surface area (Å²) in [7, 11) is 0. The molecule has 2 aliphatic heterocycles. The first-order valence-electron chi connectivity index (χ1n) is 10.7. The minimum atomic E-state index is -0.349. The van der Waals surface area contributed by atoms with E-state index in [2.05, 4.69) is 10.4 Å². The normalized spacial score (nSPS) is 25.8. The highest BCUT2D eigenvalue weighted by Gasteiger charge is 2.30. The fourth-order valence-corrected chi connectivity index (χ4v) is 4.68. The number of halogens is 1. The van der Waals surface area contributed by atoms with E-state index in [9.17, 15) is 9.59 Å². The molecule has 160 valence electrons. The molecule has 9 heteroatoms. The van der Waals surface area contributed by atoms with Gasteiger partial charge < -0.3 is 19.7 Å². The summed E-state index contributed by atoms with van der Waals surface area (Å²) in [5.74, 6) is 0. The smallest absolute Gasteiger partial charge is 0.407 e. The quantitative estimate of drug-likeness (QED) is 0.798. The molecule has 1 saturated carbocycles. The zero-order valence-corrected chi connectivity index (χ0v) is 17.4. The van der Waals surface area contributed by atoms with Crippen molar-refractivity contribution in [1.82, 2.24) is 15.1 Å². The van der Waals surface area contributed by atoms with Gasteiger partial charge in [0.25, 0.3) is 5.56 Å². The van der Waals surface area contributed by atoms with Crippen LogP contribution in [0.25, 0.3) is 0 Å². The SMILES string of the molecule is O=C(NC1CCCCC1)O[C@@H]1CCN(c2cnn(C3CCCCO3)c(=O)c2Cl)C1. The number of carbonyl (C=O) groups is 1. The molecule has 2 saturated heterocycles. The molecule has 8 nitrogen and oxygen atoms in total. The molecule has 1 unspecified atom stereocenters. The average Bonchev–Trinajstić information content (AvgIpc) is 3.19. The van der Waals surface area contributed by atoms with Crippen molar-refractivity contribution < 1.29 is 14.3 Å². The zero-order chi connectivity index (χ0) is 20.2. The van der Waals surface area contributed by atoms with Crippen LogP contribution < -0.4 is 15.8 Å². The van der Waals surface area contributed by atoms with Crippen LogP contribution in [0.15, 0.2) is 11.0 Å². The number of ether oxygens (including phenoxy) is 2. The Bertz CT molecular complexity index is 774. The maximum Gasteiger partial charge on any atom is 0.407 e. The molecule has 1 aliphatic carbocycles. The van der Waals surface area contributed by atoms with Gasteiger partial charge in [0.1, 0.15) is 11.1 Å². The molecule has 3 aliphatic rings. The van der Waals surface area contributed by atoms with Crippen LogP contribution in [0.2, 0.25) is 5.02 Å². The Morgan fingerprint density at radius 1 is 1.17 bits per heavy atom. The van der Waals surface area contributed by atoms with E-state index < -0.39 is 0 Å². The maximum atomic E-state index is 12.7. The number of hydrogen-bond acceptors (Lipinski definition) is 6. The molecule has 0 bridgehead atoms. The average molecular weight is 425 g/mol. The third kappa shape index (κ3) is 4.86. The Morgan fingerprint density at radius 3 is 2.72 bits per heavy atom. The summed E-state index contributed by atoms with van der Waals surface area (Å²) in [4.78, 5) is 26.8. The van der Waals surface area contributed by atoms with Crippen LogP contribution in [0.5, 0.6) is 0 Å². The van der Waals surface area contributed by atoms with Crippen LogP contribution in [0.3, 0.4) is 0 Å². The number of nitrogens with zero attached hydrogens (tertiary/aromatic N) is 3. The molecule has 1 amide bonds. The van der Waals surface area contributed by atoms with Crippen LogP contribution >= 0.6 is 11.6 Å². The number of hydrogen-bond donors (Lipinski definition) is 1. The minimum absolute atomic E-state index is 0.140. The van der Waals surface area contributed by atoms with E-state index in [0.717, 1.165) is 44.9 Å².